The highest BCUT2D eigenvalue weighted by atomic mass is 16.2. The molecule has 3 rings (SSSR count). The molecule has 2 aromatic rings. The molecule has 5 nitrogen and oxygen atoms in total. The van der Waals surface area contributed by atoms with E-state index in [0.717, 1.165) is 11.3 Å². The van der Waals surface area contributed by atoms with Crippen LogP contribution in [0.4, 0.5) is 10.5 Å². The first-order valence-corrected chi connectivity index (χ1v) is 8.11. The van der Waals surface area contributed by atoms with Gasteiger partial charge in [-0.2, -0.15) is 0 Å². The van der Waals surface area contributed by atoms with E-state index < -0.39 is 0 Å². The molecule has 0 aliphatic carbocycles. The summed E-state index contributed by atoms with van der Waals surface area (Å²) in [5, 5.41) is 2.95. The van der Waals surface area contributed by atoms with Crippen molar-refractivity contribution in [3.63, 3.8) is 0 Å². The molecule has 124 valence electrons. The van der Waals surface area contributed by atoms with E-state index in [9.17, 15) is 9.59 Å². The zero-order valence-electron chi connectivity index (χ0n) is 13.7. The van der Waals surface area contributed by atoms with Crippen LogP contribution in [0.2, 0.25) is 0 Å². The van der Waals surface area contributed by atoms with Crippen LogP contribution in [0.5, 0.6) is 0 Å². The van der Waals surface area contributed by atoms with Gasteiger partial charge in [-0.05, 0) is 24.6 Å². The van der Waals surface area contributed by atoms with E-state index in [-0.39, 0.29) is 24.5 Å². The number of hydrogen-bond acceptors (Lipinski definition) is 2. The first-order valence-electron chi connectivity index (χ1n) is 8.11. The predicted molar refractivity (Wildman–Crippen MR) is 93.8 cm³/mol. The molecular formula is C19H21N3O2. The molecule has 0 bridgehead atoms. The largest absolute Gasteiger partial charge is 0.348 e. The van der Waals surface area contributed by atoms with Crippen molar-refractivity contribution in [3.05, 3.63) is 66.2 Å². The molecule has 5 heteroatoms. The highest BCUT2D eigenvalue weighted by Gasteiger charge is 2.30. The van der Waals surface area contributed by atoms with Crippen LogP contribution in [-0.4, -0.2) is 36.5 Å². The normalized spacial score (nSPS) is 15.5. The molecular weight excluding hydrogens is 302 g/mol. The minimum Gasteiger partial charge on any atom is -0.348 e. The van der Waals surface area contributed by atoms with Gasteiger partial charge in [-0.15, -0.1) is 0 Å². The lowest BCUT2D eigenvalue weighted by molar-refractivity contribution is -0.122. The Morgan fingerprint density at radius 1 is 1.04 bits per heavy atom. The van der Waals surface area contributed by atoms with Crippen molar-refractivity contribution in [1.82, 2.24) is 10.2 Å². The molecule has 1 N–H and O–H groups in total. The minimum atomic E-state index is -0.144. The monoisotopic (exact) mass is 323 g/mol. The Morgan fingerprint density at radius 3 is 2.33 bits per heavy atom. The Bertz CT molecular complexity index is 703. The highest BCUT2D eigenvalue weighted by molar-refractivity contribution is 5.96. The van der Waals surface area contributed by atoms with Crippen LogP contribution in [0.15, 0.2) is 60.7 Å². The molecule has 2 aromatic carbocycles. The van der Waals surface area contributed by atoms with E-state index in [1.807, 2.05) is 67.6 Å². The number of anilines is 1. The van der Waals surface area contributed by atoms with Gasteiger partial charge in [0.15, 0.2) is 0 Å². The van der Waals surface area contributed by atoms with Gasteiger partial charge in [0.2, 0.25) is 5.91 Å². The first-order chi connectivity index (χ1) is 11.6. The molecule has 1 fully saturated rings. The molecule has 3 amide bonds. The summed E-state index contributed by atoms with van der Waals surface area (Å²) in [6.45, 7) is 3.18. The minimum absolute atomic E-state index is 0.0818. The van der Waals surface area contributed by atoms with Crippen LogP contribution in [0, 0.1) is 0 Å². The summed E-state index contributed by atoms with van der Waals surface area (Å²) in [6.07, 6.45) is 0. The van der Waals surface area contributed by atoms with Gasteiger partial charge < -0.3 is 10.2 Å². The van der Waals surface area contributed by atoms with E-state index >= 15 is 0 Å². The molecule has 1 heterocycles. The SMILES string of the molecule is CC(NC(=O)CN1CCN(c2ccccc2)C1=O)c1ccccc1. The lowest BCUT2D eigenvalue weighted by atomic mass is 10.1. The van der Waals surface area contributed by atoms with Gasteiger partial charge in [-0.3, -0.25) is 9.69 Å². The number of amides is 3. The number of urea groups is 1. The van der Waals surface area contributed by atoms with Crippen molar-refractivity contribution >= 4 is 17.6 Å². The van der Waals surface area contributed by atoms with Gasteiger partial charge in [0.1, 0.15) is 6.54 Å². The standard InChI is InChI=1S/C19H21N3O2/c1-15(16-8-4-2-5-9-16)20-18(23)14-21-12-13-22(19(21)24)17-10-6-3-7-11-17/h2-11,15H,12-14H2,1H3,(H,20,23). The molecule has 1 saturated heterocycles. The molecule has 0 saturated carbocycles. The van der Waals surface area contributed by atoms with E-state index in [2.05, 4.69) is 5.32 Å². The van der Waals surface area contributed by atoms with Crippen molar-refractivity contribution in [2.75, 3.05) is 24.5 Å². The molecule has 0 spiro atoms. The average molecular weight is 323 g/mol. The Hall–Kier alpha value is -2.82. The third-order valence-electron chi connectivity index (χ3n) is 4.17. The second-order valence-electron chi connectivity index (χ2n) is 5.89. The zero-order chi connectivity index (χ0) is 16.9. The van der Waals surface area contributed by atoms with Crippen molar-refractivity contribution in [1.29, 1.82) is 0 Å². The van der Waals surface area contributed by atoms with Gasteiger partial charge in [0.05, 0.1) is 6.04 Å². The molecule has 1 unspecified atom stereocenters. The first kappa shape index (κ1) is 16.1. The number of nitrogens with zero attached hydrogens (tertiary/aromatic N) is 2. The van der Waals surface area contributed by atoms with E-state index in [4.69, 9.17) is 0 Å². The van der Waals surface area contributed by atoms with Crippen LogP contribution in [0.25, 0.3) is 0 Å². The van der Waals surface area contributed by atoms with E-state index in [1.165, 1.54) is 0 Å². The topological polar surface area (TPSA) is 52.7 Å². The van der Waals surface area contributed by atoms with Crippen molar-refractivity contribution < 1.29 is 9.59 Å². The van der Waals surface area contributed by atoms with Crippen molar-refractivity contribution in [2.24, 2.45) is 0 Å². The highest BCUT2D eigenvalue weighted by Crippen LogP contribution is 2.19. The van der Waals surface area contributed by atoms with E-state index in [1.54, 1.807) is 9.80 Å². The fourth-order valence-corrected chi connectivity index (χ4v) is 2.86. The van der Waals surface area contributed by atoms with Crippen LogP contribution in [0.3, 0.4) is 0 Å². The van der Waals surface area contributed by atoms with Crippen LogP contribution in [-0.2, 0) is 4.79 Å². The number of rotatable bonds is 5. The molecule has 1 aliphatic heterocycles. The Morgan fingerprint density at radius 2 is 1.67 bits per heavy atom. The molecule has 0 aromatic heterocycles. The molecule has 24 heavy (non-hydrogen) atoms. The smallest absolute Gasteiger partial charge is 0.325 e. The van der Waals surface area contributed by atoms with Gasteiger partial charge >= 0.3 is 6.03 Å². The fourth-order valence-electron chi connectivity index (χ4n) is 2.86. The van der Waals surface area contributed by atoms with E-state index in [0.29, 0.717) is 13.1 Å². The van der Waals surface area contributed by atoms with Crippen molar-refractivity contribution in [3.8, 4) is 0 Å². The maximum atomic E-state index is 12.5. The Balaban J connectivity index is 1.57. The number of carbonyl (C=O) groups excluding carboxylic acids is 2. The second kappa shape index (κ2) is 7.17. The number of para-hydroxylation sites is 1. The summed E-state index contributed by atoms with van der Waals surface area (Å²) in [4.78, 5) is 28.0. The Labute approximate surface area is 141 Å². The average Bonchev–Trinajstić information content (AvgIpc) is 2.97. The number of benzene rings is 2. The number of hydrogen-bond donors (Lipinski definition) is 1. The van der Waals surface area contributed by atoms with Crippen LogP contribution < -0.4 is 10.2 Å². The second-order valence-corrected chi connectivity index (χ2v) is 5.89. The lowest BCUT2D eigenvalue weighted by Crippen LogP contribution is -2.40. The number of carbonyl (C=O) groups is 2. The summed E-state index contributed by atoms with van der Waals surface area (Å²) >= 11 is 0. The quantitative estimate of drug-likeness (QED) is 0.920. The van der Waals surface area contributed by atoms with Gasteiger partial charge in [0, 0.05) is 18.8 Å². The van der Waals surface area contributed by atoms with Gasteiger partial charge in [-0.1, -0.05) is 48.5 Å². The summed E-state index contributed by atoms with van der Waals surface area (Å²) in [7, 11) is 0. The summed E-state index contributed by atoms with van der Waals surface area (Å²) in [5.74, 6) is -0.144. The third kappa shape index (κ3) is 3.56. The predicted octanol–water partition coefficient (Wildman–Crippen LogP) is 2.81. The van der Waals surface area contributed by atoms with Crippen molar-refractivity contribution in [2.45, 2.75) is 13.0 Å². The summed E-state index contributed by atoms with van der Waals surface area (Å²) in [5.41, 5.74) is 1.91. The third-order valence-corrected chi connectivity index (χ3v) is 4.17. The summed E-state index contributed by atoms with van der Waals surface area (Å²) in [6, 6.07) is 19.1. The summed E-state index contributed by atoms with van der Waals surface area (Å²) < 4.78 is 0. The maximum Gasteiger partial charge on any atom is 0.325 e. The maximum absolute atomic E-state index is 12.5. The molecule has 1 aliphatic rings. The van der Waals surface area contributed by atoms with Gasteiger partial charge in [0.25, 0.3) is 0 Å². The van der Waals surface area contributed by atoms with Crippen LogP contribution >= 0.6 is 0 Å². The zero-order valence-corrected chi connectivity index (χ0v) is 13.7. The molecule has 0 radical (unpaired) electrons. The Kier molecular flexibility index (Phi) is 4.79. The lowest BCUT2D eigenvalue weighted by Gasteiger charge is -2.20. The molecule has 1 atom stereocenters. The van der Waals surface area contributed by atoms with Crippen LogP contribution in [0.1, 0.15) is 18.5 Å². The van der Waals surface area contributed by atoms with Gasteiger partial charge in [-0.25, -0.2) is 4.79 Å². The number of nitrogens with one attached hydrogen (secondary N) is 1. The fraction of sp³-hybridized carbons (Fsp3) is 0.263.